The van der Waals surface area contributed by atoms with Crippen LogP contribution in [0.1, 0.15) is 15.9 Å². The molecule has 0 aliphatic heterocycles. The molecule has 0 saturated heterocycles. The van der Waals surface area contributed by atoms with Gasteiger partial charge in [-0.05, 0) is 28.1 Å². The van der Waals surface area contributed by atoms with E-state index in [-0.39, 0.29) is 11.7 Å². The third-order valence-electron chi connectivity index (χ3n) is 2.70. The predicted octanol–water partition coefficient (Wildman–Crippen LogP) is 2.83. The van der Waals surface area contributed by atoms with Crippen molar-refractivity contribution in [3.8, 4) is 0 Å². The highest BCUT2D eigenvalue weighted by Gasteiger charge is 2.13. The number of hydrogen-bond acceptors (Lipinski definition) is 4. The first-order valence-corrected chi connectivity index (χ1v) is 6.70. The van der Waals surface area contributed by atoms with Gasteiger partial charge in [-0.1, -0.05) is 18.2 Å². The number of benzene rings is 1. The molecule has 0 fully saturated rings. The van der Waals surface area contributed by atoms with E-state index in [0.717, 1.165) is 5.56 Å². The van der Waals surface area contributed by atoms with Crippen LogP contribution in [-0.4, -0.2) is 18.0 Å². The molecule has 0 aliphatic rings. The Balaban J connectivity index is 2.26. The molecule has 0 unspecified atom stereocenters. The minimum Gasteiger partial charge on any atom is -0.383 e. The topological polar surface area (TPSA) is 77.2 Å². The lowest BCUT2D eigenvalue weighted by Gasteiger charge is -2.11. The summed E-state index contributed by atoms with van der Waals surface area (Å²) in [7, 11) is 1.61. The summed E-state index contributed by atoms with van der Waals surface area (Å²) in [4.78, 5) is 16.2. The third-order valence-corrected chi connectivity index (χ3v) is 3.13. The molecule has 20 heavy (non-hydrogen) atoms. The third kappa shape index (κ3) is 3.34. The van der Waals surface area contributed by atoms with Gasteiger partial charge in [0.2, 0.25) is 0 Å². The van der Waals surface area contributed by atoms with Crippen LogP contribution < -0.4 is 11.1 Å². The van der Waals surface area contributed by atoms with E-state index in [1.54, 1.807) is 19.4 Å². The second-order valence-corrected chi connectivity index (χ2v) is 5.05. The van der Waals surface area contributed by atoms with Gasteiger partial charge in [-0.2, -0.15) is 0 Å². The van der Waals surface area contributed by atoms with E-state index < -0.39 is 0 Å². The van der Waals surface area contributed by atoms with Crippen LogP contribution in [-0.2, 0) is 11.3 Å². The standard InChI is InChI=1S/C14H14BrN3O2/c1-20-8-9-4-2-3-5-12(9)18-14(19)11-6-10(15)7-17-13(11)16/h2-7H,8H2,1H3,(H2,16,17)(H,18,19). The van der Waals surface area contributed by atoms with E-state index in [1.165, 1.54) is 0 Å². The molecule has 2 rings (SSSR count). The second kappa shape index (κ2) is 6.49. The number of carbonyl (C=O) groups is 1. The van der Waals surface area contributed by atoms with Gasteiger partial charge in [0.05, 0.1) is 12.2 Å². The van der Waals surface area contributed by atoms with E-state index in [0.29, 0.717) is 22.3 Å². The number of methoxy groups -OCH3 is 1. The van der Waals surface area contributed by atoms with Crippen LogP contribution in [0.15, 0.2) is 41.0 Å². The van der Waals surface area contributed by atoms with E-state index in [2.05, 4.69) is 26.2 Å². The van der Waals surface area contributed by atoms with Crippen LogP contribution in [0.25, 0.3) is 0 Å². The number of nitrogens with zero attached hydrogens (tertiary/aromatic N) is 1. The number of carbonyl (C=O) groups excluding carboxylic acids is 1. The van der Waals surface area contributed by atoms with E-state index in [4.69, 9.17) is 10.5 Å². The normalized spacial score (nSPS) is 10.3. The highest BCUT2D eigenvalue weighted by molar-refractivity contribution is 9.10. The van der Waals surface area contributed by atoms with Crippen LogP contribution >= 0.6 is 15.9 Å². The molecular weight excluding hydrogens is 322 g/mol. The van der Waals surface area contributed by atoms with Crippen LogP contribution in [0, 0.1) is 0 Å². The van der Waals surface area contributed by atoms with Gasteiger partial charge < -0.3 is 15.8 Å². The summed E-state index contributed by atoms with van der Waals surface area (Å²) in [6, 6.07) is 9.07. The zero-order valence-electron chi connectivity index (χ0n) is 10.9. The number of ether oxygens (including phenoxy) is 1. The lowest BCUT2D eigenvalue weighted by Crippen LogP contribution is -2.16. The van der Waals surface area contributed by atoms with Gasteiger partial charge in [0, 0.05) is 29.0 Å². The Hall–Kier alpha value is -1.92. The average molecular weight is 336 g/mol. The molecule has 1 heterocycles. The molecule has 0 atom stereocenters. The lowest BCUT2D eigenvalue weighted by molar-refractivity contribution is 0.102. The molecule has 2 aromatic rings. The van der Waals surface area contributed by atoms with Gasteiger partial charge in [-0.3, -0.25) is 4.79 Å². The Labute approximate surface area is 125 Å². The highest BCUT2D eigenvalue weighted by atomic mass is 79.9. The molecule has 104 valence electrons. The number of para-hydroxylation sites is 1. The molecule has 0 saturated carbocycles. The zero-order chi connectivity index (χ0) is 14.5. The van der Waals surface area contributed by atoms with Crippen molar-refractivity contribution in [1.82, 2.24) is 4.98 Å². The molecule has 1 aromatic carbocycles. The number of pyridine rings is 1. The molecule has 5 nitrogen and oxygen atoms in total. The smallest absolute Gasteiger partial charge is 0.259 e. The first kappa shape index (κ1) is 14.5. The number of hydrogen-bond donors (Lipinski definition) is 2. The highest BCUT2D eigenvalue weighted by Crippen LogP contribution is 2.20. The van der Waals surface area contributed by atoms with Crippen molar-refractivity contribution >= 4 is 33.3 Å². The van der Waals surface area contributed by atoms with E-state index >= 15 is 0 Å². The SMILES string of the molecule is COCc1ccccc1NC(=O)c1cc(Br)cnc1N. The Morgan fingerprint density at radius 1 is 1.45 bits per heavy atom. The van der Waals surface area contributed by atoms with Crippen LogP contribution in [0.5, 0.6) is 0 Å². The van der Waals surface area contributed by atoms with Gasteiger partial charge in [0.25, 0.3) is 5.91 Å². The molecule has 6 heteroatoms. The summed E-state index contributed by atoms with van der Waals surface area (Å²) in [6.07, 6.45) is 1.55. The van der Waals surface area contributed by atoms with Crippen molar-refractivity contribution in [3.63, 3.8) is 0 Å². The summed E-state index contributed by atoms with van der Waals surface area (Å²) in [5, 5.41) is 2.82. The summed E-state index contributed by atoms with van der Waals surface area (Å²) < 4.78 is 5.80. The van der Waals surface area contributed by atoms with Gasteiger partial charge in [-0.15, -0.1) is 0 Å². The van der Waals surface area contributed by atoms with Crippen molar-refractivity contribution in [2.45, 2.75) is 6.61 Å². The largest absolute Gasteiger partial charge is 0.383 e. The van der Waals surface area contributed by atoms with E-state index in [1.807, 2.05) is 24.3 Å². The summed E-state index contributed by atoms with van der Waals surface area (Å²) in [6.45, 7) is 0.419. The molecular formula is C14H14BrN3O2. The number of aromatic nitrogens is 1. The summed E-state index contributed by atoms with van der Waals surface area (Å²) in [5.41, 5.74) is 7.64. The summed E-state index contributed by atoms with van der Waals surface area (Å²) >= 11 is 3.27. The van der Waals surface area contributed by atoms with Gasteiger partial charge >= 0.3 is 0 Å². The van der Waals surface area contributed by atoms with Crippen LogP contribution in [0.4, 0.5) is 11.5 Å². The maximum atomic E-state index is 12.3. The minimum absolute atomic E-state index is 0.190. The Kier molecular flexibility index (Phi) is 4.70. The first-order valence-electron chi connectivity index (χ1n) is 5.91. The quantitative estimate of drug-likeness (QED) is 0.900. The molecule has 0 spiro atoms. The number of amides is 1. The van der Waals surface area contributed by atoms with Crippen molar-refractivity contribution < 1.29 is 9.53 Å². The Morgan fingerprint density at radius 2 is 2.20 bits per heavy atom. The zero-order valence-corrected chi connectivity index (χ0v) is 12.5. The van der Waals surface area contributed by atoms with Crippen LogP contribution in [0.2, 0.25) is 0 Å². The maximum absolute atomic E-state index is 12.3. The number of nitrogen functional groups attached to an aromatic ring is 1. The number of rotatable bonds is 4. The van der Waals surface area contributed by atoms with Gasteiger partial charge in [0.1, 0.15) is 5.82 Å². The average Bonchev–Trinajstić information content (AvgIpc) is 2.44. The van der Waals surface area contributed by atoms with Crippen molar-refractivity contribution in [3.05, 3.63) is 52.1 Å². The second-order valence-electron chi connectivity index (χ2n) is 4.13. The number of nitrogens with one attached hydrogen (secondary N) is 1. The fraction of sp³-hybridized carbons (Fsp3) is 0.143. The Morgan fingerprint density at radius 3 is 2.95 bits per heavy atom. The van der Waals surface area contributed by atoms with Gasteiger partial charge in [0.15, 0.2) is 0 Å². The number of halogens is 1. The van der Waals surface area contributed by atoms with Crippen LogP contribution in [0.3, 0.4) is 0 Å². The fourth-order valence-electron chi connectivity index (χ4n) is 1.74. The molecule has 0 bridgehead atoms. The monoisotopic (exact) mass is 335 g/mol. The first-order chi connectivity index (χ1) is 9.61. The molecule has 1 aromatic heterocycles. The Bertz CT molecular complexity index is 632. The molecule has 0 aliphatic carbocycles. The van der Waals surface area contributed by atoms with Crippen molar-refractivity contribution in [1.29, 1.82) is 0 Å². The number of nitrogens with two attached hydrogens (primary N) is 1. The minimum atomic E-state index is -0.306. The maximum Gasteiger partial charge on any atom is 0.259 e. The van der Waals surface area contributed by atoms with Gasteiger partial charge in [-0.25, -0.2) is 4.98 Å². The summed E-state index contributed by atoms with van der Waals surface area (Å²) in [5.74, 6) is -0.116. The molecule has 0 radical (unpaired) electrons. The molecule has 3 N–H and O–H groups in total. The number of anilines is 2. The fourth-order valence-corrected chi connectivity index (χ4v) is 2.08. The predicted molar refractivity (Wildman–Crippen MR) is 81.5 cm³/mol. The van der Waals surface area contributed by atoms with Crippen molar-refractivity contribution in [2.24, 2.45) is 0 Å². The molecule has 1 amide bonds. The lowest BCUT2D eigenvalue weighted by atomic mass is 10.1. The van der Waals surface area contributed by atoms with E-state index in [9.17, 15) is 4.79 Å². The van der Waals surface area contributed by atoms with Crippen molar-refractivity contribution in [2.75, 3.05) is 18.2 Å².